The number of carbonyl (C=O) groups excluding carboxylic acids is 2. The third kappa shape index (κ3) is 3.44. The molecule has 2 aromatic rings. The van der Waals surface area contributed by atoms with Crippen LogP contribution in [0.15, 0.2) is 42.5 Å². The van der Waals surface area contributed by atoms with Crippen LogP contribution in [0.5, 0.6) is 11.5 Å². The van der Waals surface area contributed by atoms with E-state index >= 15 is 0 Å². The molecule has 1 aliphatic heterocycles. The molecule has 1 heterocycles. The summed E-state index contributed by atoms with van der Waals surface area (Å²) in [7, 11) is 0. The molecule has 3 rings (SSSR count). The molecule has 7 heteroatoms. The second-order valence-electron chi connectivity index (χ2n) is 5.08. The Morgan fingerprint density at radius 1 is 1.17 bits per heavy atom. The van der Waals surface area contributed by atoms with E-state index in [-0.39, 0.29) is 17.4 Å². The lowest BCUT2D eigenvalue weighted by Crippen LogP contribution is -2.30. The van der Waals surface area contributed by atoms with Gasteiger partial charge in [0.1, 0.15) is 0 Å². The number of halogens is 1. The van der Waals surface area contributed by atoms with Crippen molar-refractivity contribution in [2.24, 2.45) is 0 Å². The van der Waals surface area contributed by atoms with Crippen LogP contribution in [0.2, 0.25) is 5.02 Å². The zero-order valence-corrected chi connectivity index (χ0v) is 13.5. The number of hydrogen-bond donors (Lipinski definition) is 1. The molecule has 1 atom stereocenters. The summed E-state index contributed by atoms with van der Waals surface area (Å²) in [5.74, 6) is 0.0444. The Morgan fingerprint density at radius 3 is 2.71 bits per heavy atom. The Labute approximate surface area is 143 Å². The van der Waals surface area contributed by atoms with E-state index in [4.69, 9.17) is 25.8 Å². The molecule has 1 aliphatic rings. The molecule has 0 bridgehead atoms. The van der Waals surface area contributed by atoms with E-state index in [0.717, 1.165) is 0 Å². The quantitative estimate of drug-likeness (QED) is 0.859. The van der Waals surface area contributed by atoms with Gasteiger partial charge in [0.25, 0.3) is 5.91 Å². The molecule has 0 saturated heterocycles. The van der Waals surface area contributed by atoms with Crippen molar-refractivity contribution in [2.45, 2.75) is 13.0 Å². The van der Waals surface area contributed by atoms with Gasteiger partial charge in [0.2, 0.25) is 6.79 Å². The van der Waals surface area contributed by atoms with Crippen LogP contribution in [0.1, 0.15) is 17.3 Å². The highest BCUT2D eigenvalue weighted by atomic mass is 35.5. The minimum atomic E-state index is -0.987. The van der Waals surface area contributed by atoms with Gasteiger partial charge in [0, 0.05) is 11.8 Å². The fourth-order valence-corrected chi connectivity index (χ4v) is 2.34. The van der Waals surface area contributed by atoms with Crippen LogP contribution < -0.4 is 14.8 Å². The summed E-state index contributed by atoms with van der Waals surface area (Å²) in [6, 6.07) is 11.5. The highest BCUT2D eigenvalue weighted by Gasteiger charge is 2.21. The number of hydrogen-bond acceptors (Lipinski definition) is 5. The number of rotatable bonds is 4. The summed E-state index contributed by atoms with van der Waals surface area (Å²) < 4.78 is 15.6. The molecular formula is C17H14ClNO5. The lowest BCUT2D eigenvalue weighted by atomic mass is 10.2. The van der Waals surface area contributed by atoms with Crippen LogP contribution in [-0.4, -0.2) is 24.8 Å². The molecule has 6 nitrogen and oxygen atoms in total. The lowest BCUT2D eigenvalue weighted by molar-refractivity contribution is -0.123. The van der Waals surface area contributed by atoms with E-state index in [1.165, 1.54) is 13.0 Å². The maximum absolute atomic E-state index is 12.2. The van der Waals surface area contributed by atoms with Crippen LogP contribution in [-0.2, 0) is 9.53 Å². The average Bonchev–Trinajstić information content (AvgIpc) is 3.02. The predicted octanol–water partition coefficient (Wildman–Crippen LogP) is 3.25. The summed E-state index contributed by atoms with van der Waals surface area (Å²) >= 11 is 5.94. The van der Waals surface area contributed by atoms with Crippen molar-refractivity contribution in [3.05, 3.63) is 53.1 Å². The fourth-order valence-electron chi connectivity index (χ4n) is 2.12. The van der Waals surface area contributed by atoms with Crippen LogP contribution in [0.3, 0.4) is 0 Å². The zero-order chi connectivity index (χ0) is 17.1. The molecule has 2 aromatic carbocycles. The van der Waals surface area contributed by atoms with Gasteiger partial charge in [-0.3, -0.25) is 4.79 Å². The highest BCUT2D eigenvalue weighted by molar-refractivity contribution is 6.33. The normalized spacial score (nSPS) is 13.2. The second-order valence-corrected chi connectivity index (χ2v) is 5.49. The Morgan fingerprint density at radius 2 is 1.92 bits per heavy atom. The molecule has 24 heavy (non-hydrogen) atoms. The third-order valence-corrected chi connectivity index (χ3v) is 3.72. The van der Waals surface area contributed by atoms with E-state index in [1.54, 1.807) is 36.4 Å². The van der Waals surface area contributed by atoms with Crippen molar-refractivity contribution >= 4 is 29.2 Å². The first kappa shape index (κ1) is 16.1. The Bertz CT molecular complexity index is 792. The molecule has 0 saturated carbocycles. The van der Waals surface area contributed by atoms with Crippen molar-refractivity contribution in [2.75, 3.05) is 12.1 Å². The summed E-state index contributed by atoms with van der Waals surface area (Å²) in [5, 5.41) is 2.93. The number of esters is 1. The van der Waals surface area contributed by atoms with Gasteiger partial charge in [-0.2, -0.15) is 0 Å². The fraction of sp³-hybridized carbons (Fsp3) is 0.176. The lowest BCUT2D eigenvalue weighted by Gasteiger charge is -2.14. The van der Waals surface area contributed by atoms with E-state index < -0.39 is 18.0 Å². The van der Waals surface area contributed by atoms with Crippen molar-refractivity contribution in [1.29, 1.82) is 0 Å². The molecule has 124 valence electrons. The van der Waals surface area contributed by atoms with Gasteiger partial charge in [0.15, 0.2) is 17.6 Å². The summed E-state index contributed by atoms with van der Waals surface area (Å²) in [6.45, 7) is 1.63. The summed E-state index contributed by atoms with van der Waals surface area (Å²) in [6.07, 6.45) is -0.987. The van der Waals surface area contributed by atoms with Gasteiger partial charge < -0.3 is 19.5 Å². The van der Waals surface area contributed by atoms with Crippen molar-refractivity contribution in [3.63, 3.8) is 0 Å². The molecule has 0 aliphatic carbocycles. The first-order valence-corrected chi connectivity index (χ1v) is 7.58. The minimum absolute atomic E-state index is 0.151. The number of nitrogens with one attached hydrogen (secondary N) is 1. The first-order chi connectivity index (χ1) is 11.5. The number of benzene rings is 2. The van der Waals surface area contributed by atoms with Gasteiger partial charge in [0.05, 0.1) is 10.6 Å². The Balaban J connectivity index is 1.63. The SMILES string of the molecule is C[C@@H](OC(=O)c1ccccc1Cl)C(=O)Nc1ccc2c(c1)OCO2. The van der Waals surface area contributed by atoms with Crippen LogP contribution >= 0.6 is 11.6 Å². The van der Waals surface area contributed by atoms with Crippen LogP contribution in [0, 0.1) is 0 Å². The summed E-state index contributed by atoms with van der Waals surface area (Å²) in [5.41, 5.74) is 0.729. The first-order valence-electron chi connectivity index (χ1n) is 7.20. The van der Waals surface area contributed by atoms with Gasteiger partial charge >= 0.3 is 5.97 Å². The number of carbonyl (C=O) groups is 2. The number of amides is 1. The zero-order valence-electron chi connectivity index (χ0n) is 12.7. The van der Waals surface area contributed by atoms with E-state index in [2.05, 4.69) is 5.32 Å². The van der Waals surface area contributed by atoms with Gasteiger partial charge in [-0.25, -0.2) is 4.79 Å². The molecule has 0 fully saturated rings. The number of anilines is 1. The highest BCUT2D eigenvalue weighted by Crippen LogP contribution is 2.34. The van der Waals surface area contributed by atoms with E-state index in [0.29, 0.717) is 17.2 Å². The van der Waals surface area contributed by atoms with Crippen molar-refractivity contribution < 1.29 is 23.8 Å². The number of fused-ring (bicyclic) bond motifs is 1. The molecule has 0 aromatic heterocycles. The Kier molecular flexibility index (Phi) is 4.57. The largest absolute Gasteiger partial charge is 0.454 e. The van der Waals surface area contributed by atoms with Gasteiger partial charge in [-0.1, -0.05) is 23.7 Å². The Hall–Kier alpha value is -2.73. The second kappa shape index (κ2) is 6.80. The molecular weight excluding hydrogens is 334 g/mol. The van der Waals surface area contributed by atoms with Gasteiger partial charge in [-0.15, -0.1) is 0 Å². The maximum atomic E-state index is 12.2. The third-order valence-electron chi connectivity index (χ3n) is 3.39. The minimum Gasteiger partial charge on any atom is -0.454 e. The van der Waals surface area contributed by atoms with E-state index in [1.807, 2.05) is 0 Å². The molecule has 1 N–H and O–H groups in total. The monoisotopic (exact) mass is 347 g/mol. The van der Waals surface area contributed by atoms with E-state index in [9.17, 15) is 9.59 Å². The molecule has 0 unspecified atom stereocenters. The average molecular weight is 348 g/mol. The molecule has 0 spiro atoms. The molecule has 1 amide bonds. The van der Waals surface area contributed by atoms with Crippen LogP contribution in [0.25, 0.3) is 0 Å². The van der Waals surface area contributed by atoms with Crippen molar-refractivity contribution in [3.8, 4) is 11.5 Å². The number of ether oxygens (including phenoxy) is 3. The predicted molar refractivity (Wildman–Crippen MR) is 87.5 cm³/mol. The standard InChI is InChI=1S/C17H14ClNO5/c1-10(24-17(21)12-4-2-3-5-13(12)18)16(20)19-11-6-7-14-15(8-11)23-9-22-14/h2-8,10H,9H2,1H3,(H,19,20)/t10-/m1/s1. The van der Waals surface area contributed by atoms with Crippen molar-refractivity contribution in [1.82, 2.24) is 0 Å². The van der Waals surface area contributed by atoms with Gasteiger partial charge in [-0.05, 0) is 31.2 Å². The topological polar surface area (TPSA) is 73.9 Å². The molecule has 0 radical (unpaired) electrons. The van der Waals surface area contributed by atoms with Crippen LogP contribution in [0.4, 0.5) is 5.69 Å². The smallest absolute Gasteiger partial charge is 0.340 e. The maximum Gasteiger partial charge on any atom is 0.340 e. The summed E-state index contributed by atoms with van der Waals surface area (Å²) in [4.78, 5) is 24.2.